The van der Waals surface area contributed by atoms with Crippen molar-refractivity contribution in [3.63, 3.8) is 0 Å². The summed E-state index contributed by atoms with van der Waals surface area (Å²) < 4.78 is 63.3. The topological polar surface area (TPSA) is 111 Å². The molecule has 2 unspecified atom stereocenters. The van der Waals surface area contributed by atoms with Crippen molar-refractivity contribution in [1.82, 2.24) is 5.32 Å². The first kappa shape index (κ1) is 42.3. The van der Waals surface area contributed by atoms with Gasteiger partial charge in [-0.25, -0.2) is 22.4 Å². The highest BCUT2D eigenvalue weighted by Gasteiger charge is 2.28. The molecule has 2 saturated heterocycles. The fourth-order valence-electron chi connectivity index (χ4n) is 5.54. The van der Waals surface area contributed by atoms with E-state index < -0.39 is 29.2 Å². The van der Waals surface area contributed by atoms with Gasteiger partial charge in [0.2, 0.25) is 0 Å². The van der Waals surface area contributed by atoms with Crippen LogP contribution in [0.2, 0.25) is 0 Å². The van der Waals surface area contributed by atoms with Gasteiger partial charge in [-0.2, -0.15) is 0 Å². The standard InChI is InChI=1S/C22H21F2NO2.C15H8F2O2.C7H15NO/c1-22(11-2-12-27-15-22)14-25-21(26)18-7-4-16(5-8-18)3-6-17-9-10-19(23)13-20(17)24;16-13-8-7-11(14(17)9-13)4-1-10-2-5-12(6-3-10)15(18)19;1-7(5-8)3-2-4-9-6-7/h4-5,7-10,13H,2,11-12,14-15H2,1H3,(H,25,26);2-3,5-9H,(H,18,19);2-6,8H2,1H3. The first-order valence-corrected chi connectivity index (χ1v) is 17.8. The van der Waals surface area contributed by atoms with Crippen LogP contribution in [-0.4, -0.2) is 56.5 Å². The van der Waals surface area contributed by atoms with Crippen molar-refractivity contribution in [2.45, 2.75) is 39.5 Å². The normalized spacial score (nSPS) is 18.7. The number of carbonyl (C=O) groups is 2. The Morgan fingerprint density at radius 3 is 1.53 bits per heavy atom. The van der Waals surface area contributed by atoms with E-state index >= 15 is 0 Å². The molecule has 2 aliphatic rings. The molecular weight excluding hydrogens is 712 g/mol. The second-order valence-corrected chi connectivity index (χ2v) is 14.0. The summed E-state index contributed by atoms with van der Waals surface area (Å²) in [5.74, 6) is 6.85. The Labute approximate surface area is 319 Å². The van der Waals surface area contributed by atoms with Crippen molar-refractivity contribution in [2.75, 3.05) is 39.5 Å². The highest BCUT2D eigenvalue weighted by molar-refractivity contribution is 5.94. The van der Waals surface area contributed by atoms with Crippen LogP contribution in [0.4, 0.5) is 17.6 Å². The molecule has 2 fully saturated rings. The minimum atomic E-state index is -1.02. The van der Waals surface area contributed by atoms with Crippen molar-refractivity contribution < 1.29 is 41.7 Å². The number of nitrogens with two attached hydrogens (primary N) is 1. The van der Waals surface area contributed by atoms with Crippen LogP contribution >= 0.6 is 0 Å². The Bertz CT molecular complexity index is 2040. The summed E-state index contributed by atoms with van der Waals surface area (Å²) >= 11 is 0. The second-order valence-electron chi connectivity index (χ2n) is 14.0. The van der Waals surface area contributed by atoms with Crippen LogP contribution in [0.1, 0.15) is 82.5 Å². The Morgan fingerprint density at radius 1 is 0.691 bits per heavy atom. The molecule has 4 aromatic rings. The molecular formula is C44H44F4N2O5. The van der Waals surface area contributed by atoms with Crippen molar-refractivity contribution in [3.8, 4) is 23.7 Å². The van der Waals surface area contributed by atoms with E-state index in [-0.39, 0.29) is 33.4 Å². The Morgan fingerprint density at radius 2 is 1.15 bits per heavy atom. The van der Waals surface area contributed by atoms with Crippen LogP contribution in [0.25, 0.3) is 0 Å². The van der Waals surface area contributed by atoms with Gasteiger partial charge >= 0.3 is 5.97 Å². The lowest BCUT2D eigenvalue weighted by Gasteiger charge is -2.33. The number of carbonyl (C=O) groups excluding carboxylic acids is 1. The predicted octanol–water partition coefficient (Wildman–Crippen LogP) is 7.74. The van der Waals surface area contributed by atoms with E-state index in [0.717, 1.165) is 57.4 Å². The van der Waals surface area contributed by atoms with E-state index in [1.807, 2.05) is 0 Å². The molecule has 11 heteroatoms. The third-order valence-electron chi connectivity index (χ3n) is 9.03. The molecule has 7 nitrogen and oxygen atoms in total. The molecule has 0 radical (unpaired) electrons. The fourth-order valence-corrected chi connectivity index (χ4v) is 5.54. The number of aromatic carboxylic acids is 1. The van der Waals surface area contributed by atoms with Crippen LogP contribution in [-0.2, 0) is 9.47 Å². The lowest BCUT2D eigenvalue weighted by atomic mass is 9.85. The number of hydrogen-bond acceptors (Lipinski definition) is 5. The molecule has 1 amide bonds. The maximum Gasteiger partial charge on any atom is 0.335 e. The number of benzene rings is 4. The number of halogens is 4. The van der Waals surface area contributed by atoms with Gasteiger partial charge in [0, 0.05) is 59.4 Å². The minimum Gasteiger partial charge on any atom is -0.478 e. The molecule has 6 rings (SSSR count). The van der Waals surface area contributed by atoms with Gasteiger partial charge in [-0.3, -0.25) is 4.79 Å². The third kappa shape index (κ3) is 13.7. The van der Waals surface area contributed by atoms with E-state index in [4.69, 9.17) is 20.3 Å². The van der Waals surface area contributed by atoms with Crippen LogP contribution in [0.5, 0.6) is 0 Å². The molecule has 0 aromatic heterocycles. The van der Waals surface area contributed by atoms with Gasteiger partial charge in [0.25, 0.3) is 5.91 Å². The number of amides is 1. The number of ether oxygens (including phenoxy) is 2. The summed E-state index contributed by atoms with van der Waals surface area (Å²) in [5, 5.41) is 11.7. The average Bonchev–Trinajstić information content (AvgIpc) is 3.18. The zero-order valence-corrected chi connectivity index (χ0v) is 30.8. The van der Waals surface area contributed by atoms with Gasteiger partial charge < -0.3 is 25.6 Å². The van der Waals surface area contributed by atoms with E-state index in [1.165, 1.54) is 55.3 Å². The Balaban J connectivity index is 0.000000207. The molecule has 2 heterocycles. The monoisotopic (exact) mass is 756 g/mol. The summed E-state index contributed by atoms with van der Waals surface area (Å²) in [4.78, 5) is 23.0. The summed E-state index contributed by atoms with van der Waals surface area (Å²) in [6.45, 7) is 8.84. The predicted molar refractivity (Wildman–Crippen MR) is 202 cm³/mol. The smallest absolute Gasteiger partial charge is 0.335 e. The van der Waals surface area contributed by atoms with E-state index in [2.05, 4.69) is 42.8 Å². The number of carboxylic acid groups (broad SMARTS) is 1. The maximum absolute atomic E-state index is 13.6. The molecule has 2 aliphatic heterocycles. The number of hydrogen-bond donors (Lipinski definition) is 3. The lowest BCUT2D eigenvalue weighted by Crippen LogP contribution is -2.40. The van der Waals surface area contributed by atoms with Gasteiger partial charge in [0.1, 0.15) is 23.3 Å². The maximum atomic E-state index is 13.6. The summed E-state index contributed by atoms with van der Waals surface area (Å²) in [6, 6.07) is 19.0. The molecule has 55 heavy (non-hydrogen) atoms. The summed E-state index contributed by atoms with van der Waals surface area (Å²) in [7, 11) is 0. The zero-order valence-electron chi connectivity index (χ0n) is 30.8. The largest absolute Gasteiger partial charge is 0.478 e. The van der Waals surface area contributed by atoms with Crippen molar-refractivity contribution in [1.29, 1.82) is 0 Å². The molecule has 0 aliphatic carbocycles. The molecule has 0 saturated carbocycles. The SMILES string of the molecule is CC1(CN)CCCOC1.CC1(CNC(=O)c2ccc(C#Cc3ccc(F)cc3F)cc2)CCCOC1.O=C(O)c1ccc(C#Cc2ccc(F)cc2F)cc1. The molecule has 288 valence electrons. The van der Waals surface area contributed by atoms with Crippen molar-refractivity contribution in [2.24, 2.45) is 16.6 Å². The van der Waals surface area contributed by atoms with Crippen LogP contribution in [0.3, 0.4) is 0 Å². The zero-order chi connectivity index (χ0) is 39.8. The average molecular weight is 757 g/mol. The minimum absolute atomic E-state index is 0.0292. The van der Waals surface area contributed by atoms with Crippen molar-refractivity contribution in [3.05, 3.63) is 142 Å². The summed E-state index contributed by atoms with van der Waals surface area (Å²) in [6.07, 6.45) is 4.44. The Kier molecular flexibility index (Phi) is 15.6. The van der Waals surface area contributed by atoms with Gasteiger partial charge in [0.05, 0.1) is 29.9 Å². The van der Waals surface area contributed by atoms with E-state index in [0.29, 0.717) is 29.8 Å². The van der Waals surface area contributed by atoms with E-state index in [9.17, 15) is 27.2 Å². The fraction of sp³-hybridized carbons (Fsp3) is 0.318. The second kappa shape index (κ2) is 20.3. The van der Waals surface area contributed by atoms with Crippen molar-refractivity contribution >= 4 is 11.9 Å². The Hall–Kier alpha value is -5.46. The number of nitrogens with one attached hydrogen (secondary N) is 1. The number of rotatable bonds is 5. The van der Waals surface area contributed by atoms with Gasteiger partial charge in [-0.1, -0.05) is 37.5 Å². The van der Waals surface area contributed by atoms with Crippen LogP contribution < -0.4 is 11.1 Å². The quantitative estimate of drug-likeness (QED) is 0.142. The van der Waals surface area contributed by atoms with Gasteiger partial charge in [-0.05, 0) is 105 Å². The van der Waals surface area contributed by atoms with Gasteiger partial charge in [-0.15, -0.1) is 0 Å². The first-order valence-electron chi connectivity index (χ1n) is 17.8. The molecule has 4 aromatic carbocycles. The molecule has 4 N–H and O–H groups in total. The first-order chi connectivity index (χ1) is 26.3. The van der Waals surface area contributed by atoms with Crippen LogP contribution in [0, 0.1) is 57.8 Å². The third-order valence-corrected chi connectivity index (χ3v) is 9.03. The highest BCUT2D eigenvalue weighted by Crippen LogP contribution is 2.27. The molecule has 0 bridgehead atoms. The lowest BCUT2D eigenvalue weighted by molar-refractivity contribution is 0.00347. The highest BCUT2D eigenvalue weighted by atomic mass is 19.1. The number of carboxylic acids is 1. The molecule has 2 atom stereocenters. The molecule has 0 spiro atoms. The van der Waals surface area contributed by atoms with Crippen LogP contribution in [0.15, 0.2) is 84.9 Å². The van der Waals surface area contributed by atoms with Gasteiger partial charge in [0.15, 0.2) is 0 Å². The summed E-state index contributed by atoms with van der Waals surface area (Å²) in [5.41, 5.74) is 7.90. The van der Waals surface area contributed by atoms with E-state index in [1.54, 1.807) is 24.3 Å².